The molecule has 4 nitrogen and oxygen atoms in total. The Morgan fingerprint density at radius 2 is 1.26 bits per heavy atom. The molecule has 0 bridgehead atoms. The van der Waals surface area contributed by atoms with E-state index in [0.717, 1.165) is 0 Å². The van der Waals surface area contributed by atoms with Crippen LogP contribution in [0.25, 0.3) is 0 Å². The zero-order valence-corrected chi connectivity index (χ0v) is 9.78. The van der Waals surface area contributed by atoms with Gasteiger partial charge in [-0.3, -0.25) is 10.9 Å². The number of carbonyl (C=O) groups excluding carboxylic acids is 1. The Hall–Kier alpha value is -2.63. The molecule has 2 rings (SSSR count). The predicted molar refractivity (Wildman–Crippen MR) is 68.6 cm³/mol. The molecular weight excluding hydrogens is 252 g/mol. The molecule has 2 aromatic rings. The van der Waals surface area contributed by atoms with Crippen molar-refractivity contribution in [3.05, 3.63) is 60.2 Å². The van der Waals surface area contributed by atoms with Gasteiger partial charge >= 0.3 is 6.03 Å². The molecule has 0 aromatic heterocycles. The molecule has 3 N–H and O–H groups in total. The van der Waals surface area contributed by atoms with Gasteiger partial charge in [0, 0.05) is 5.69 Å². The third-order valence-corrected chi connectivity index (χ3v) is 2.27. The van der Waals surface area contributed by atoms with Gasteiger partial charge in [-0.2, -0.15) is 0 Å². The quantitative estimate of drug-likeness (QED) is 0.745. The van der Waals surface area contributed by atoms with Crippen molar-refractivity contribution in [2.45, 2.75) is 0 Å². The molecule has 0 aliphatic carbocycles. The van der Waals surface area contributed by atoms with Crippen LogP contribution in [0, 0.1) is 11.6 Å². The van der Waals surface area contributed by atoms with Gasteiger partial charge in [0.1, 0.15) is 11.6 Å². The fourth-order valence-corrected chi connectivity index (χ4v) is 1.36. The molecular formula is C13H11F2N3O. The second kappa shape index (κ2) is 5.81. The maximum atomic E-state index is 12.7. The summed E-state index contributed by atoms with van der Waals surface area (Å²) < 4.78 is 25.3. The maximum absolute atomic E-state index is 12.7. The summed E-state index contributed by atoms with van der Waals surface area (Å²) in [5, 5.41) is 2.50. The van der Waals surface area contributed by atoms with E-state index in [1.54, 1.807) is 0 Å². The van der Waals surface area contributed by atoms with Crippen LogP contribution in [0.1, 0.15) is 0 Å². The lowest BCUT2D eigenvalue weighted by Crippen LogP contribution is -2.33. The lowest BCUT2D eigenvalue weighted by Gasteiger charge is -2.09. The number of carbonyl (C=O) groups is 1. The summed E-state index contributed by atoms with van der Waals surface area (Å²) in [6, 6.07) is 10.3. The number of urea groups is 1. The Bertz CT molecular complexity index is 555. The van der Waals surface area contributed by atoms with Crippen molar-refractivity contribution in [2.75, 3.05) is 10.7 Å². The number of anilines is 2. The van der Waals surface area contributed by atoms with Crippen LogP contribution >= 0.6 is 0 Å². The maximum Gasteiger partial charge on any atom is 0.337 e. The molecule has 98 valence electrons. The van der Waals surface area contributed by atoms with Crippen LogP contribution in [0.2, 0.25) is 0 Å². The standard InChI is InChI=1S/C13H11F2N3O/c14-9-1-5-11(6-2-9)16-13(19)18-17-12-7-3-10(15)4-8-12/h1-8,17H,(H2,16,18,19). The number of benzene rings is 2. The van der Waals surface area contributed by atoms with Gasteiger partial charge in [-0.25, -0.2) is 13.6 Å². The normalized spacial score (nSPS) is 9.79. The SMILES string of the molecule is O=C(NNc1ccc(F)cc1)Nc1ccc(F)cc1. The van der Waals surface area contributed by atoms with Crippen molar-refractivity contribution >= 4 is 17.4 Å². The molecule has 0 heterocycles. The van der Waals surface area contributed by atoms with Crippen molar-refractivity contribution in [3.63, 3.8) is 0 Å². The fourth-order valence-electron chi connectivity index (χ4n) is 1.36. The highest BCUT2D eigenvalue weighted by Gasteiger charge is 2.01. The van der Waals surface area contributed by atoms with Gasteiger partial charge in [0.05, 0.1) is 5.69 Å². The third-order valence-electron chi connectivity index (χ3n) is 2.27. The van der Waals surface area contributed by atoms with E-state index in [1.807, 2.05) is 0 Å². The van der Waals surface area contributed by atoms with Crippen LogP contribution in [-0.4, -0.2) is 6.03 Å². The molecule has 2 amide bonds. The molecule has 0 radical (unpaired) electrons. The number of hydrogen-bond acceptors (Lipinski definition) is 2. The zero-order chi connectivity index (χ0) is 13.7. The summed E-state index contributed by atoms with van der Waals surface area (Å²) in [5.41, 5.74) is 5.96. The van der Waals surface area contributed by atoms with Gasteiger partial charge in [-0.05, 0) is 48.5 Å². The third kappa shape index (κ3) is 3.95. The first-order chi connectivity index (χ1) is 9.13. The van der Waals surface area contributed by atoms with Crippen LogP contribution in [0.5, 0.6) is 0 Å². The largest absolute Gasteiger partial charge is 0.337 e. The van der Waals surface area contributed by atoms with Gasteiger partial charge in [-0.1, -0.05) is 0 Å². The van der Waals surface area contributed by atoms with Gasteiger partial charge in [0.2, 0.25) is 0 Å². The number of halogens is 2. The number of hydrazine groups is 1. The molecule has 0 saturated carbocycles. The Morgan fingerprint density at radius 3 is 1.79 bits per heavy atom. The summed E-state index contributed by atoms with van der Waals surface area (Å²) in [6.45, 7) is 0. The number of nitrogens with one attached hydrogen (secondary N) is 3. The summed E-state index contributed by atoms with van der Waals surface area (Å²) >= 11 is 0. The molecule has 0 saturated heterocycles. The van der Waals surface area contributed by atoms with Crippen LogP contribution in [0.15, 0.2) is 48.5 Å². The van der Waals surface area contributed by atoms with Gasteiger partial charge in [0.15, 0.2) is 0 Å². The highest BCUT2D eigenvalue weighted by molar-refractivity contribution is 5.89. The molecule has 2 aromatic carbocycles. The minimum atomic E-state index is -0.518. The molecule has 6 heteroatoms. The van der Waals surface area contributed by atoms with Crippen LogP contribution in [0.4, 0.5) is 25.0 Å². The predicted octanol–water partition coefficient (Wildman–Crippen LogP) is 3.11. The Labute approximate surface area is 108 Å². The van der Waals surface area contributed by atoms with E-state index in [1.165, 1.54) is 48.5 Å². The van der Waals surface area contributed by atoms with E-state index in [0.29, 0.717) is 11.4 Å². The molecule has 19 heavy (non-hydrogen) atoms. The van der Waals surface area contributed by atoms with E-state index in [4.69, 9.17) is 0 Å². The average Bonchev–Trinajstić information content (AvgIpc) is 2.41. The second-order valence-electron chi connectivity index (χ2n) is 3.72. The van der Waals surface area contributed by atoms with Crippen molar-refractivity contribution < 1.29 is 13.6 Å². The topological polar surface area (TPSA) is 53.2 Å². The zero-order valence-electron chi connectivity index (χ0n) is 9.78. The Balaban J connectivity index is 1.84. The molecule has 0 fully saturated rings. The smallest absolute Gasteiger partial charge is 0.307 e. The van der Waals surface area contributed by atoms with E-state index in [2.05, 4.69) is 16.2 Å². The van der Waals surface area contributed by atoms with Crippen LogP contribution in [0.3, 0.4) is 0 Å². The lowest BCUT2D eigenvalue weighted by atomic mass is 10.3. The monoisotopic (exact) mass is 263 g/mol. The van der Waals surface area contributed by atoms with Crippen molar-refractivity contribution in [1.82, 2.24) is 5.43 Å². The number of rotatable bonds is 3. The van der Waals surface area contributed by atoms with Gasteiger partial charge in [-0.15, -0.1) is 0 Å². The summed E-state index contributed by atoms with van der Waals surface area (Å²) in [5.74, 6) is -0.739. The second-order valence-corrected chi connectivity index (χ2v) is 3.72. The van der Waals surface area contributed by atoms with Crippen molar-refractivity contribution in [1.29, 1.82) is 0 Å². The van der Waals surface area contributed by atoms with Crippen molar-refractivity contribution in [2.24, 2.45) is 0 Å². The first kappa shape index (κ1) is 12.8. The summed E-state index contributed by atoms with van der Waals surface area (Å²) in [4.78, 5) is 11.5. The molecule has 0 aliphatic heterocycles. The molecule has 0 aliphatic rings. The molecule has 0 spiro atoms. The van der Waals surface area contributed by atoms with E-state index in [9.17, 15) is 13.6 Å². The first-order valence-electron chi connectivity index (χ1n) is 5.47. The number of amides is 2. The minimum Gasteiger partial charge on any atom is -0.307 e. The summed E-state index contributed by atoms with van der Waals surface area (Å²) in [6.07, 6.45) is 0. The average molecular weight is 263 g/mol. The first-order valence-corrected chi connectivity index (χ1v) is 5.47. The van der Waals surface area contributed by atoms with E-state index >= 15 is 0 Å². The van der Waals surface area contributed by atoms with E-state index < -0.39 is 6.03 Å². The van der Waals surface area contributed by atoms with Crippen molar-refractivity contribution in [3.8, 4) is 0 Å². The highest BCUT2D eigenvalue weighted by atomic mass is 19.1. The highest BCUT2D eigenvalue weighted by Crippen LogP contribution is 2.08. The molecule has 0 atom stereocenters. The van der Waals surface area contributed by atoms with Crippen LogP contribution < -0.4 is 16.2 Å². The molecule has 0 unspecified atom stereocenters. The Morgan fingerprint density at radius 1 is 0.789 bits per heavy atom. The Kier molecular flexibility index (Phi) is 3.92. The van der Waals surface area contributed by atoms with Gasteiger partial charge < -0.3 is 5.32 Å². The van der Waals surface area contributed by atoms with Gasteiger partial charge in [0.25, 0.3) is 0 Å². The minimum absolute atomic E-state index is 0.360. The lowest BCUT2D eigenvalue weighted by molar-refractivity contribution is 0.254. The fraction of sp³-hybridized carbons (Fsp3) is 0. The summed E-state index contributed by atoms with van der Waals surface area (Å²) in [7, 11) is 0. The number of hydrogen-bond donors (Lipinski definition) is 3. The van der Waals surface area contributed by atoms with E-state index in [-0.39, 0.29) is 11.6 Å². The van der Waals surface area contributed by atoms with Crippen LogP contribution in [-0.2, 0) is 0 Å².